The van der Waals surface area contributed by atoms with E-state index in [9.17, 15) is 10.1 Å². The molecule has 1 N–H and O–H groups in total. The molecule has 134 valence electrons. The van der Waals surface area contributed by atoms with Crippen molar-refractivity contribution in [3.63, 3.8) is 0 Å². The van der Waals surface area contributed by atoms with Gasteiger partial charge in [-0.05, 0) is 55.3 Å². The van der Waals surface area contributed by atoms with E-state index in [1.165, 1.54) is 6.42 Å². The molecule has 0 unspecified atom stereocenters. The number of ether oxygens (including phenoxy) is 1. The highest BCUT2D eigenvalue weighted by molar-refractivity contribution is 6.01. The van der Waals surface area contributed by atoms with E-state index in [2.05, 4.69) is 5.32 Å². The molecule has 5 heteroatoms. The Morgan fingerprint density at radius 3 is 2.62 bits per heavy atom. The minimum atomic E-state index is -0.290. The molecule has 5 nitrogen and oxygen atoms in total. The van der Waals surface area contributed by atoms with Crippen LogP contribution in [0.4, 0.5) is 0 Å². The van der Waals surface area contributed by atoms with Crippen molar-refractivity contribution in [2.24, 2.45) is 0 Å². The van der Waals surface area contributed by atoms with Gasteiger partial charge in [-0.2, -0.15) is 5.26 Å². The fourth-order valence-electron chi connectivity index (χ4n) is 3.30. The van der Waals surface area contributed by atoms with Gasteiger partial charge in [-0.3, -0.25) is 4.79 Å². The molecule has 3 rings (SSSR count). The first-order chi connectivity index (χ1) is 12.7. The van der Waals surface area contributed by atoms with Crippen LogP contribution in [-0.4, -0.2) is 23.6 Å². The van der Waals surface area contributed by atoms with Crippen LogP contribution in [0.5, 0.6) is 5.75 Å². The molecule has 1 aromatic heterocycles. The lowest BCUT2D eigenvalue weighted by molar-refractivity contribution is -0.117. The third kappa shape index (κ3) is 4.15. The van der Waals surface area contributed by atoms with Crippen molar-refractivity contribution in [2.75, 3.05) is 7.11 Å². The molecular weight excluding hydrogens is 326 g/mol. The second-order valence-corrected chi connectivity index (χ2v) is 6.48. The van der Waals surface area contributed by atoms with E-state index in [0.29, 0.717) is 0 Å². The smallest absolute Gasteiger partial charge is 0.262 e. The Bertz CT molecular complexity index is 822. The minimum Gasteiger partial charge on any atom is -0.497 e. The molecule has 1 aliphatic rings. The van der Waals surface area contributed by atoms with Crippen LogP contribution in [0.1, 0.15) is 37.8 Å². The van der Waals surface area contributed by atoms with E-state index in [4.69, 9.17) is 4.74 Å². The van der Waals surface area contributed by atoms with Crippen molar-refractivity contribution in [1.82, 2.24) is 9.88 Å². The number of hydrogen-bond acceptors (Lipinski definition) is 3. The Morgan fingerprint density at radius 2 is 1.96 bits per heavy atom. The summed E-state index contributed by atoms with van der Waals surface area (Å²) in [5.41, 5.74) is 1.85. The third-order valence-electron chi connectivity index (χ3n) is 4.73. The average Bonchev–Trinajstić information content (AvgIpc) is 3.15. The van der Waals surface area contributed by atoms with Crippen LogP contribution in [0.25, 0.3) is 11.8 Å². The first-order valence-electron chi connectivity index (χ1n) is 8.95. The van der Waals surface area contributed by atoms with Gasteiger partial charge in [0.1, 0.15) is 17.4 Å². The Kier molecular flexibility index (Phi) is 5.75. The molecule has 1 aliphatic carbocycles. The zero-order valence-corrected chi connectivity index (χ0v) is 14.9. The van der Waals surface area contributed by atoms with Crippen molar-refractivity contribution in [2.45, 2.75) is 38.1 Å². The number of aromatic nitrogens is 1. The van der Waals surface area contributed by atoms with Crippen molar-refractivity contribution < 1.29 is 9.53 Å². The maximum Gasteiger partial charge on any atom is 0.262 e. The summed E-state index contributed by atoms with van der Waals surface area (Å²) in [6.45, 7) is 0. The lowest BCUT2D eigenvalue weighted by Crippen LogP contribution is -2.36. The summed E-state index contributed by atoms with van der Waals surface area (Å²) in [5, 5.41) is 12.5. The van der Waals surface area contributed by atoms with E-state index in [1.54, 1.807) is 13.2 Å². The van der Waals surface area contributed by atoms with Gasteiger partial charge in [0.05, 0.1) is 7.11 Å². The van der Waals surface area contributed by atoms with Crippen LogP contribution in [-0.2, 0) is 4.79 Å². The summed E-state index contributed by atoms with van der Waals surface area (Å²) in [6.07, 6.45) is 9.03. The Balaban J connectivity index is 1.80. The van der Waals surface area contributed by atoms with Gasteiger partial charge in [-0.1, -0.05) is 19.3 Å². The molecule has 0 aliphatic heterocycles. The van der Waals surface area contributed by atoms with Crippen LogP contribution in [0, 0.1) is 11.3 Å². The zero-order chi connectivity index (χ0) is 18.4. The van der Waals surface area contributed by atoms with Crippen molar-refractivity contribution in [3.8, 4) is 17.5 Å². The summed E-state index contributed by atoms with van der Waals surface area (Å²) in [7, 11) is 1.63. The second kappa shape index (κ2) is 8.39. The Labute approximate surface area is 153 Å². The Morgan fingerprint density at radius 1 is 1.23 bits per heavy atom. The summed E-state index contributed by atoms with van der Waals surface area (Å²) in [4.78, 5) is 12.5. The van der Waals surface area contributed by atoms with E-state index < -0.39 is 0 Å². The molecule has 0 radical (unpaired) electrons. The Hall–Kier alpha value is -3.00. The van der Waals surface area contributed by atoms with E-state index in [-0.39, 0.29) is 17.5 Å². The normalized spacial score (nSPS) is 15.3. The summed E-state index contributed by atoms with van der Waals surface area (Å²) < 4.78 is 7.12. The van der Waals surface area contributed by atoms with Crippen molar-refractivity contribution in [1.29, 1.82) is 5.26 Å². The summed E-state index contributed by atoms with van der Waals surface area (Å²) in [6, 6.07) is 13.6. The number of amides is 1. The van der Waals surface area contributed by atoms with Gasteiger partial charge in [0, 0.05) is 23.6 Å². The summed E-state index contributed by atoms with van der Waals surface area (Å²) in [5.74, 6) is 0.490. The van der Waals surface area contributed by atoms with E-state index in [0.717, 1.165) is 42.8 Å². The maximum atomic E-state index is 12.5. The molecule has 1 amide bonds. The lowest BCUT2D eigenvalue weighted by Gasteiger charge is -2.22. The van der Waals surface area contributed by atoms with Crippen LogP contribution in [0.2, 0.25) is 0 Å². The number of methoxy groups -OCH3 is 1. The SMILES string of the molecule is COc1ccc(-n2cccc2/C=C(/C#N)C(=O)NC2CCCCC2)cc1. The first kappa shape index (κ1) is 17.8. The number of nitriles is 1. The lowest BCUT2D eigenvalue weighted by atomic mass is 9.95. The molecule has 1 heterocycles. The standard InChI is InChI=1S/C21H23N3O2/c1-26-20-11-9-18(10-12-20)24-13-5-8-19(24)14-16(15-22)21(25)23-17-6-3-2-4-7-17/h5,8-14,17H,2-4,6-7H2,1H3,(H,23,25)/b16-14-. The number of rotatable bonds is 5. The molecule has 2 aromatic rings. The fourth-order valence-corrected chi connectivity index (χ4v) is 3.30. The fraction of sp³-hybridized carbons (Fsp3) is 0.333. The molecule has 26 heavy (non-hydrogen) atoms. The molecule has 0 atom stereocenters. The third-order valence-corrected chi connectivity index (χ3v) is 4.73. The van der Waals surface area contributed by atoms with E-state index >= 15 is 0 Å². The van der Waals surface area contributed by atoms with E-state index in [1.807, 2.05) is 53.2 Å². The molecule has 1 fully saturated rings. The van der Waals surface area contributed by atoms with Gasteiger partial charge in [-0.15, -0.1) is 0 Å². The number of carbonyl (C=O) groups excluding carboxylic acids is 1. The quantitative estimate of drug-likeness (QED) is 0.659. The highest BCUT2D eigenvalue weighted by Crippen LogP contribution is 2.20. The number of benzene rings is 1. The average molecular weight is 349 g/mol. The molecule has 0 bridgehead atoms. The van der Waals surface area contributed by atoms with Crippen LogP contribution >= 0.6 is 0 Å². The van der Waals surface area contributed by atoms with Gasteiger partial charge in [0.2, 0.25) is 0 Å². The largest absolute Gasteiger partial charge is 0.497 e. The zero-order valence-electron chi connectivity index (χ0n) is 14.9. The summed E-state index contributed by atoms with van der Waals surface area (Å²) >= 11 is 0. The molecular formula is C21H23N3O2. The van der Waals surface area contributed by atoms with Gasteiger partial charge in [0.25, 0.3) is 5.91 Å². The number of nitrogens with zero attached hydrogens (tertiary/aromatic N) is 2. The van der Waals surface area contributed by atoms with Crippen LogP contribution in [0.3, 0.4) is 0 Å². The van der Waals surface area contributed by atoms with Crippen LogP contribution < -0.4 is 10.1 Å². The van der Waals surface area contributed by atoms with Crippen molar-refractivity contribution >= 4 is 12.0 Å². The van der Waals surface area contributed by atoms with Crippen LogP contribution in [0.15, 0.2) is 48.2 Å². The van der Waals surface area contributed by atoms with Gasteiger partial charge in [-0.25, -0.2) is 0 Å². The monoisotopic (exact) mass is 349 g/mol. The minimum absolute atomic E-state index is 0.129. The molecule has 1 aromatic carbocycles. The number of carbonyl (C=O) groups is 1. The molecule has 0 spiro atoms. The molecule has 1 saturated carbocycles. The highest BCUT2D eigenvalue weighted by Gasteiger charge is 2.18. The predicted molar refractivity (Wildman–Crippen MR) is 101 cm³/mol. The number of hydrogen-bond donors (Lipinski definition) is 1. The van der Waals surface area contributed by atoms with Gasteiger partial charge < -0.3 is 14.6 Å². The van der Waals surface area contributed by atoms with Gasteiger partial charge >= 0.3 is 0 Å². The maximum absolute atomic E-state index is 12.5. The second-order valence-electron chi connectivity index (χ2n) is 6.48. The van der Waals surface area contributed by atoms with Gasteiger partial charge in [0.15, 0.2) is 0 Å². The predicted octanol–water partition coefficient (Wildman–Crippen LogP) is 3.84. The topological polar surface area (TPSA) is 67.0 Å². The number of nitrogens with one attached hydrogen (secondary N) is 1. The molecule has 0 saturated heterocycles. The van der Waals surface area contributed by atoms with Crippen molar-refractivity contribution in [3.05, 3.63) is 53.9 Å². The first-order valence-corrected chi connectivity index (χ1v) is 8.95. The highest BCUT2D eigenvalue weighted by atomic mass is 16.5.